The van der Waals surface area contributed by atoms with Crippen LogP contribution in [0.4, 0.5) is 0 Å². The summed E-state index contributed by atoms with van der Waals surface area (Å²) in [5, 5.41) is 0. The molecule has 0 aliphatic carbocycles. The molecule has 0 N–H and O–H groups in total. The fraction of sp³-hybridized carbons (Fsp3) is 0.167. The van der Waals surface area contributed by atoms with Crippen LogP contribution in [0.2, 0.25) is 0 Å². The van der Waals surface area contributed by atoms with E-state index >= 15 is 0 Å². The van der Waals surface area contributed by atoms with E-state index in [2.05, 4.69) is 20.9 Å². The largest absolute Gasteiger partial charge is 0.313 e. The average molecular weight is 292 g/mol. The lowest BCUT2D eigenvalue weighted by Crippen LogP contribution is -2.24. The molecule has 0 unspecified atom stereocenters. The number of hydrogen-bond donors (Lipinski definition) is 0. The smallest absolute Gasteiger partial charge is 0.291 e. The number of aromatic nitrogens is 2. The van der Waals surface area contributed by atoms with Crippen molar-refractivity contribution in [1.29, 1.82) is 0 Å². The summed E-state index contributed by atoms with van der Waals surface area (Å²) in [4.78, 5) is 17.9. The van der Waals surface area contributed by atoms with Crippen molar-refractivity contribution in [3.8, 4) is 0 Å². The van der Waals surface area contributed by atoms with Crippen molar-refractivity contribution < 1.29 is 4.79 Å². The number of carbonyl (C=O) groups excluding carboxylic acids is 1. The Labute approximate surface area is 107 Å². The maximum Gasteiger partial charge on any atom is 0.291 e. The van der Waals surface area contributed by atoms with Gasteiger partial charge >= 0.3 is 0 Å². The molecule has 3 rings (SSSR count). The van der Waals surface area contributed by atoms with Gasteiger partial charge in [-0.2, -0.15) is 0 Å². The zero-order valence-corrected chi connectivity index (χ0v) is 10.6. The highest BCUT2D eigenvalue weighted by Gasteiger charge is 2.30. The summed E-state index contributed by atoms with van der Waals surface area (Å²) < 4.78 is 2.71. The molecule has 4 nitrogen and oxygen atoms in total. The zero-order chi connectivity index (χ0) is 11.8. The summed E-state index contributed by atoms with van der Waals surface area (Å²) >= 11 is 3.38. The molecule has 1 amide bonds. The summed E-state index contributed by atoms with van der Waals surface area (Å²) in [6, 6.07) is 9.96. The van der Waals surface area contributed by atoms with Gasteiger partial charge in [0.25, 0.3) is 5.91 Å². The minimum atomic E-state index is -0.0143. The van der Waals surface area contributed by atoms with Crippen molar-refractivity contribution >= 4 is 21.8 Å². The monoisotopic (exact) mass is 291 g/mol. The second kappa shape index (κ2) is 4.00. The van der Waals surface area contributed by atoms with E-state index in [9.17, 15) is 4.79 Å². The number of nitrogens with zero attached hydrogens (tertiary/aromatic N) is 3. The molecule has 0 saturated heterocycles. The average Bonchev–Trinajstić information content (AvgIpc) is 2.84. The molecule has 0 fully saturated rings. The van der Waals surface area contributed by atoms with Crippen LogP contribution in [0.25, 0.3) is 0 Å². The Kier molecular flexibility index (Phi) is 2.48. The normalized spacial score (nSPS) is 14.2. The second-order valence-electron chi connectivity index (χ2n) is 3.96. The molecule has 1 aliphatic rings. The van der Waals surface area contributed by atoms with Crippen molar-refractivity contribution in [2.75, 3.05) is 0 Å². The van der Waals surface area contributed by atoms with Crippen molar-refractivity contribution in [3.63, 3.8) is 0 Å². The van der Waals surface area contributed by atoms with Crippen LogP contribution in [0.3, 0.4) is 0 Å². The highest BCUT2D eigenvalue weighted by atomic mass is 79.9. The van der Waals surface area contributed by atoms with Crippen molar-refractivity contribution in [1.82, 2.24) is 14.5 Å². The number of halogens is 1. The van der Waals surface area contributed by atoms with Crippen LogP contribution < -0.4 is 0 Å². The van der Waals surface area contributed by atoms with Crippen molar-refractivity contribution in [2.45, 2.75) is 13.2 Å². The first kappa shape index (κ1) is 10.5. The third-order valence-electron chi connectivity index (χ3n) is 2.81. The molecule has 1 aliphatic heterocycles. The summed E-state index contributed by atoms with van der Waals surface area (Å²) in [5.74, 6) is 0.493. The van der Waals surface area contributed by atoms with Crippen LogP contribution in [0, 0.1) is 0 Å². The SMILES string of the molecule is O=C1c2ncc(Br)n2CN1Cc1ccccc1. The van der Waals surface area contributed by atoms with E-state index in [1.54, 1.807) is 11.1 Å². The van der Waals surface area contributed by atoms with E-state index in [-0.39, 0.29) is 5.91 Å². The fourth-order valence-electron chi connectivity index (χ4n) is 1.96. The first-order valence-electron chi connectivity index (χ1n) is 5.30. The van der Waals surface area contributed by atoms with Gasteiger partial charge in [-0.15, -0.1) is 0 Å². The Balaban J connectivity index is 1.83. The Bertz CT molecular complexity index is 564. The van der Waals surface area contributed by atoms with Gasteiger partial charge in [-0.25, -0.2) is 4.98 Å². The molecule has 1 aromatic heterocycles. The summed E-state index contributed by atoms with van der Waals surface area (Å²) in [6.07, 6.45) is 1.66. The highest BCUT2D eigenvalue weighted by Crippen LogP contribution is 2.22. The Hall–Kier alpha value is -1.62. The molecule has 86 valence electrons. The summed E-state index contributed by atoms with van der Waals surface area (Å²) in [6.45, 7) is 1.18. The molecule has 0 saturated carbocycles. The number of rotatable bonds is 2. The standard InChI is InChI=1S/C12H10BrN3O/c13-10-6-14-11-12(17)15(8-16(10)11)7-9-4-2-1-3-5-9/h1-6H,7-8H2. The van der Waals surface area contributed by atoms with Crippen molar-refractivity contribution in [2.24, 2.45) is 0 Å². The number of carbonyl (C=O) groups is 1. The Morgan fingerprint density at radius 3 is 2.76 bits per heavy atom. The van der Waals surface area contributed by atoms with Crippen LogP contribution in [0.1, 0.15) is 16.2 Å². The molecule has 1 aromatic carbocycles. The third kappa shape index (κ3) is 1.76. The van der Waals surface area contributed by atoms with Gasteiger partial charge in [-0.05, 0) is 21.5 Å². The van der Waals surface area contributed by atoms with Gasteiger partial charge in [0.05, 0.1) is 6.20 Å². The topological polar surface area (TPSA) is 38.1 Å². The molecule has 2 aromatic rings. The Morgan fingerprint density at radius 2 is 2.06 bits per heavy atom. The van der Waals surface area contributed by atoms with Crippen LogP contribution in [0.15, 0.2) is 41.1 Å². The number of benzene rings is 1. The van der Waals surface area contributed by atoms with Crippen LogP contribution in [-0.4, -0.2) is 20.4 Å². The van der Waals surface area contributed by atoms with Gasteiger partial charge < -0.3 is 4.90 Å². The number of fused-ring (bicyclic) bond motifs is 1. The zero-order valence-electron chi connectivity index (χ0n) is 9.01. The van der Waals surface area contributed by atoms with Gasteiger partial charge in [-0.3, -0.25) is 9.36 Å². The van der Waals surface area contributed by atoms with Gasteiger partial charge in [0, 0.05) is 6.54 Å². The molecule has 2 heterocycles. The van der Waals surface area contributed by atoms with E-state index < -0.39 is 0 Å². The van der Waals surface area contributed by atoms with E-state index in [1.165, 1.54) is 0 Å². The first-order chi connectivity index (χ1) is 8.25. The van der Waals surface area contributed by atoms with E-state index in [4.69, 9.17) is 0 Å². The maximum absolute atomic E-state index is 12.0. The van der Waals surface area contributed by atoms with Gasteiger partial charge in [0.2, 0.25) is 5.82 Å². The number of imidazole rings is 1. The molecule has 17 heavy (non-hydrogen) atoms. The Morgan fingerprint density at radius 1 is 1.29 bits per heavy atom. The van der Waals surface area contributed by atoms with E-state index in [0.717, 1.165) is 10.2 Å². The minimum Gasteiger partial charge on any atom is -0.313 e. The van der Waals surface area contributed by atoms with E-state index in [0.29, 0.717) is 19.0 Å². The van der Waals surface area contributed by atoms with Gasteiger partial charge in [0.1, 0.15) is 11.3 Å². The predicted molar refractivity (Wildman–Crippen MR) is 66.2 cm³/mol. The minimum absolute atomic E-state index is 0.0143. The molecular weight excluding hydrogens is 282 g/mol. The molecule has 0 spiro atoms. The number of amides is 1. The lowest BCUT2D eigenvalue weighted by Gasteiger charge is -2.15. The van der Waals surface area contributed by atoms with E-state index in [1.807, 2.05) is 34.9 Å². The highest BCUT2D eigenvalue weighted by molar-refractivity contribution is 9.10. The fourth-order valence-corrected chi connectivity index (χ4v) is 2.34. The lowest BCUT2D eigenvalue weighted by molar-refractivity contribution is 0.0752. The summed E-state index contributed by atoms with van der Waals surface area (Å²) in [5.41, 5.74) is 1.13. The summed E-state index contributed by atoms with van der Waals surface area (Å²) in [7, 11) is 0. The molecule has 0 atom stereocenters. The predicted octanol–water partition coefficient (Wildman–Crippen LogP) is 2.26. The molecule has 0 bridgehead atoms. The lowest BCUT2D eigenvalue weighted by atomic mass is 10.2. The maximum atomic E-state index is 12.0. The third-order valence-corrected chi connectivity index (χ3v) is 3.45. The van der Waals surface area contributed by atoms with Gasteiger partial charge in [-0.1, -0.05) is 30.3 Å². The van der Waals surface area contributed by atoms with Crippen LogP contribution >= 0.6 is 15.9 Å². The molecule has 0 radical (unpaired) electrons. The second-order valence-corrected chi connectivity index (χ2v) is 4.78. The quantitative estimate of drug-likeness (QED) is 0.851. The molecule has 5 heteroatoms. The molecular formula is C12H10BrN3O. The number of hydrogen-bond acceptors (Lipinski definition) is 2. The van der Waals surface area contributed by atoms with Crippen molar-refractivity contribution in [3.05, 3.63) is 52.5 Å². The van der Waals surface area contributed by atoms with Crippen LogP contribution in [-0.2, 0) is 13.2 Å². The first-order valence-corrected chi connectivity index (χ1v) is 6.09. The van der Waals surface area contributed by atoms with Crippen LogP contribution in [0.5, 0.6) is 0 Å². The van der Waals surface area contributed by atoms with Gasteiger partial charge in [0.15, 0.2) is 0 Å².